The molecule has 2 unspecified atom stereocenters. The molecule has 0 bridgehead atoms. The molecule has 0 spiro atoms. The molecule has 24 heavy (non-hydrogen) atoms. The summed E-state index contributed by atoms with van der Waals surface area (Å²) in [6.45, 7) is 2.12. The molecule has 4 rings (SSSR count). The Hall–Kier alpha value is -2.46. The number of anilines is 1. The van der Waals surface area contributed by atoms with Crippen LogP contribution in [0.4, 0.5) is 5.00 Å². The predicted octanol–water partition coefficient (Wildman–Crippen LogP) is 5.07. The van der Waals surface area contributed by atoms with Crippen LogP contribution in [0.25, 0.3) is 21.8 Å². The molecular weight excluding hydrogens is 316 g/mol. The summed E-state index contributed by atoms with van der Waals surface area (Å²) in [5, 5.41) is 4.87. The maximum Gasteiger partial charge on any atom is 0.228 e. The van der Waals surface area contributed by atoms with Crippen LogP contribution >= 0.6 is 11.3 Å². The lowest BCUT2D eigenvalue weighted by molar-refractivity contribution is -0.117. The molecule has 1 aromatic heterocycles. The molecule has 3 nitrogen and oxygen atoms in total. The molecule has 1 aliphatic rings. The van der Waals surface area contributed by atoms with Gasteiger partial charge in [-0.05, 0) is 12.3 Å². The summed E-state index contributed by atoms with van der Waals surface area (Å²) in [6, 6.07) is 20.1. The van der Waals surface area contributed by atoms with Crippen molar-refractivity contribution in [3.63, 3.8) is 0 Å². The average Bonchev–Trinajstić information content (AvgIpc) is 3.22. The van der Waals surface area contributed by atoms with Gasteiger partial charge >= 0.3 is 0 Å². The Bertz CT molecular complexity index is 858. The first kappa shape index (κ1) is 15.1. The van der Waals surface area contributed by atoms with Crippen LogP contribution in [0, 0.1) is 11.8 Å². The van der Waals surface area contributed by atoms with Gasteiger partial charge in [-0.1, -0.05) is 78.9 Å². The normalized spacial score (nSPS) is 19.0. The Morgan fingerprint density at radius 2 is 1.62 bits per heavy atom. The molecule has 0 saturated heterocycles. The van der Waals surface area contributed by atoms with Crippen LogP contribution in [0.1, 0.15) is 13.3 Å². The van der Waals surface area contributed by atoms with E-state index in [2.05, 4.69) is 12.2 Å². The first-order valence-electron chi connectivity index (χ1n) is 8.15. The summed E-state index contributed by atoms with van der Waals surface area (Å²) in [6.07, 6.45) is 0.983. The summed E-state index contributed by atoms with van der Waals surface area (Å²) in [4.78, 5) is 17.2. The van der Waals surface area contributed by atoms with Gasteiger partial charge in [0, 0.05) is 17.0 Å². The minimum Gasteiger partial charge on any atom is -0.316 e. The van der Waals surface area contributed by atoms with Crippen molar-refractivity contribution in [3.8, 4) is 21.8 Å². The molecule has 2 atom stereocenters. The Kier molecular flexibility index (Phi) is 3.90. The molecule has 4 heteroatoms. The number of nitrogens with zero attached hydrogens (tertiary/aromatic N) is 1. The summed E-state index contributed by atoms with van der Waals surface area (Å²) in [5.74, 6) is 0.755. The minimum absolute atomic E-state index is 0.114. The highest BCUT2D eigenvalue weighted by atomic mass is 32.1. The quantitative estimate of drug-likeness (QED) is 0.723. The van der Waals surface area contributed by atoms with Crippen molar-refractivity contribution in [2.24, 2.45) is 11.8 Å². The molecule has 1 N–H and O–H groups in total. The Balaban J connectivity index is 1.72. The fourth-order valence-corrected chi connectivity index (χ4v) is 3.79. The minimum atomic E-state index is 0.114. The Morgan fingerprint density at radius 1 is 1.04 bits per heavy atom. The third kappa shape index (κ3) is 2.97. The highest BCUT2D eigenvalue weighted by Gasteiger charge is 2.39. The van der Waals surface area contributed by atoms with Crippen molar-refractivity contribution in [1.29, 1.82) is 0 Å². The molecule has 1 amide bonds. The molecule has 2 aromatic carbocycles. The second-order valence-electron chi connectivity index (χ2n) is 6.24. The number of hydrogen-bond donors (Lipinski definition) is 1. The number of benzene rings is 2. The predicted molar refractivity (Wildman–Crippen MR) is 98.9 cm³/mol. The van der Waals surface area contributed by atoms with E-state index in [1.54, 1.807) is 0 Å². The molecule has 1 aliphatic carbocycles. The fraction of sp³-hybridized carbons (Fsp3) is 0.200. The van der Waals surface area contributed by atoms with Gasteiger partial charge in [-0.15, -0.1) is 0 Å². The maximum absolute atomic E-state index is 12.4. The first-order valence-corrected chi connectivity index (χ1v) is 8.96. The van der Waals surface area contributed by atoms with Gasteiger partial charge in [0.25, 0.3) is 0 Å². The second kappa shape index (κ2) is 6.21. The van der Waals surface area contributed by atoms with Gasteiger partial charge < -0.3 is 5.32 Å². The van der Waals surface area contributed by atoms with Crippen molar-refractivity contribution >= 4 is 22.2 Å². The van der Waals surface area contributed by atoms with Crippen LogP contribution in [-0.4, -0.2) is 10.9 Å². The average molecular weight is 334 g/mol. The van der Waals surface area contributed by atoms with E-state index in [1.807, 2.05) is 60.7 Å². The summed E-state index contributed by atoms with van der Waals surface area (Å²) >= 11 is 1.54. The lowest BCUT2D eigenvalue weighted by atomic mass is 10.1. The number of carbonyl (C=O) groups is 1. The Labute approximate surface area is 145 Å². The Morgan fingerprint density at radius 3 is 2.21 bits per heavy atom. The number of rotatable bonds is 4. The largest absolute Gasteiger partial charge is 0.316 e. The molecular formula is C20H18N2OS. The zero-order valence-corrected chi connectivity index (χ0v) is 14.2. The number of nitrogens with one attached hydrogen (secondary N) is 1. The van der Waals surface area contributed by atoms with Gasteiger partial charge in [0.1, 0.15) is 15.7 Å². The van der Waals surface area contributed by atoms with Gasteiger partial charge in [-0.3, -0.25) is 4.79 Å². The number of amides is 1. The van der Waals surface area contributed by atoms with Crippen molar-refractivity contribution in [2.75, 3.05) is 5.32 Å². The van der Waals surface area contributed by atoms with E-state index in [0.717, 1.165) is 33.3 Å². The number of thiazole rings is 1. The number of carbonyl (C=O) groups excluding carboxylic acids is 1. The van der Waals surface area contributed by atoms with Gasteiger partial charge in [0.05, 0.1) is 0 Å². The summed E-state index contributed by atoms with van der Waals surface area (Å²) in [7, 11) is 0. The lowest BCUT2D eigenvalue weighted by Crippen LogP contribution is -2.14. The maximum atomic E-state index is 12.4. The van der Waals surface area contributed by atoms with Crippen molar-refractivity contribution in [3.05, 3.63) is 60.7 Å². The highest BCUT2D eigenvalue weighted by Crippen LogP contribution is 2.42. The number of aromatic nitrogens is 1. The number of hydrogen-bond acceptors (Lipinski definition) is 3. The van der Waals surface area contributed by atoms with Crippen LogP contribution in [0.3, 0.4) is 0 Å². The zero-order valence-electron chi connectivity index (χ0n) is 13.4. The van der Waals surface area contributed by atoms with E-state index in [-0.39, 0.29) is 11.8 Å². The van der Waals surface area contributed by atoms with Gasteiger partial charge in [0.2, 0.25) is 5.91 Å². The van der Waals surface area contributed by atoms with E-state index in [0.29, 0.717) is 5.92 Å². The fourth-order valence-electron chi connectivity index (χ4n) is 2.79. The van der Waals surface area contributed by atoms with Crippen LogP contribution in [0.2, 0.25) is 0 Å². The molecule has 0 aliphatic heterocycles. The van der Waals surface area contributed by atoms with Gasteiger partial charge in [0.15, 0.2) is 0 Å². The van der Waals surface area contributed by atoms with E-state index in [1.165, 1.54) is 11.3 Å². The standard InChI is InChI=1S/C20H18N2OS/c1-13-12-16(13)18(23)22-20-17(14-8-4-2-5-9-14)21-19(24-20)15-10-6-3-7-11-15/h2-11,13,16H,12H2,1H3,(H,22,23). The molecule has 3 aromatic rings. The third-order valence-electron chi connectivity index (χ3n) is 4.38. The SMILES string of the molecule is CC1CC1C(=O)Nc1sc(-c2ccccc2)nc1-c1ccccc1. The van der Waals surface area contributed by atoms with E-state index < -0.39 is 0 Å². The second-order valence-corrected chi connectivity index (χ2v) is 7.24. The third-order valence-corrected chi connectivity index (χ3v) is 5.40. The van der Waals surface area contributed by atoms with Crippen LogP contribution in [0.15, 0.2) is 60.7 Å². The van der Waals surface area contributed by atoms with Crippen molar-refractivity contribution in [1.82, 2.24) is 4.98 Å². The van der Waals surface area contributed by atoms with Crippen molar-refractivity contribution in [2.45, 2.75) is 13.3 Å². The zero-order chi connectivity index (χ0) is 16.5. The van der Waals surface area contributed by atoms with Crippen molar-refractivity contribution < 1.29 is 4.79 Å². The van der Waals surface area contributed by atoms with Crippen LogP contribution in [-0.2, 0) is 4.79 Å². The highest BCUT2D eigenvalue weighted by molar-refractivity contribution is 7.19. The van der Waals surface area contributed by atoms with E-state index in [9.17, 15) is 4.79 Å². The topological polar surface area (TPSA) is 42.0 Å². The molecule has 120 valence electrons. The molecule has 1 saturated carbocycles. The smallest absolute Gasteiger partial charge is 0.228 e. The molecule has 0 radical (unpaired) electrons. The molecule has 1 fully saturated rings. The first-order chi connectivity index (χ1) is 11.7. The van der Waals surface area contributed by atoms with Crippen LogP contribution in [0.5, 0.6) is 0 Å². The van der Waals surface area contributed by atoms with Gasteiger partial charge in [-0.2, -0.15) is 0 Å². The van der Waals surface area contributed by atoms with Gasteiger partial charge in [-0.25, -0.2) is 4.98 Å². The lowest BCUT2D eigenvalue weighted by Gasteiger charge is -2.04. The molecule has 1 heterocycles. The monoisotopic (exact) mass is 334 g/mol. The van der Waals surface area contributed by atoms with E-state index >= 15 is 0 Å². The summed E-state index contributed by atoms with van der Waals surface area (Å²) in [5.41, 5.74) is 2.94. The van der Waals surface area contributed by atoms with E-state index in [4.69, 9.17) is 4.98 Å². The van der Waals surface area contributed by atoms with Crippen LogP contribution < -0.4 is 5.32 Å². The summed E-state index contributed by atoms with van der Waals surface area (Å²) < 4.78 is 0.